The Balaban J connectivity index is 1.91. The number of hydrogen-bond donors (Lipinski definition) is 4. The van der Waals surface area contributed by atoms with E-state index in [1.807, 2.05) is 13.8 Å². The van der Waals surface area contributed by atoms with Crippen molar-refractivity contribution in [3.05, 3.63) is 40.7 Å². The lowest BCUT2D eigenvalue weighted by Gasteiger charge is -2.23. The molecule has 0 aliphatic carbocycles. The van der Waals surface area contributed by atoms with Gasteiger partial charge in [-0.1, -0.05) is 30.7 Å². The molecule has 3 rings (SSSR count). The van der Waals surface area contributed by atoms with Crippen LogP contribution in [-0.2, 0) is 22.7 Å². The number of nitrogens with one attached hydrogen (secondary N) is 3. The molecule has 3 amide bonds. The minimum absolute atomic E-state index is 0.101. The number of amides is 3. The normalized spacial score (nSPS) is 20.2. The molecule has 33 heavy (non-hydrogen) atoms. The Morgan fingerprint density at radius 2 is 2.00 bits per heavy atom. The van der Waals surface area contributed by atoms with Gasteiger partial charge in [-0.05, 0) is 30.5 Å². The largest absolute Gasteiger partial charge is 0.491 e. The average molecular weight is 479 g/mol. The molecule has 1 aliphatic heterocycles. The lowest BCUT2D eigenvalue weighted by molar-refractivity contribution is -0.130. The first-order chi connectivity index (χ1) is 15.8. The molecule has 1 aromatic carbocycles. The first-order valence-electron chi connectivity index (χ1n) is 10.6. The van der Waals surface area contributed by atoms with Crippen LogP contribution in [-0.4, -0.2) is 63.1 Å². The molecule has 178 valence electrons. The fraction of sp³-hybridized carbons (Fsp3) is 0.476. The first-order valence-corrected chi connectivity index (χ1v) is 11.0. The monoisotopic (exact) mass is 478 g/mol. The second kappa shape index (κ2) is 11.1. The van der Waals surface area contributed by atoms with Crippen molar-refractivity contribution in [2.75, 3.05) is 13.2 Å². The van der Waals surface area contributed by atoms with Crippen molar-refractivity contribution in [2.24, 2.45) is 5.92 Å². The van der Waals surface area contributed by atoms with Gasteiger partial charge >= 0.3 is 0 Å². The van der Waals surface area contributed by atoms with Crippen molar-refractivity contribution in [1.82, 2.24) is 30.9 Å². The van der Waals surface area contributed by atoms with Crippen LogP contribution in [0.15, 0.2) is 24.4 Å². The van der Waals surface area contributed by atoms with Gasteiger partial charge in [0.2, 0.25) is 11.8 Å². The molecule has 2 atom stereocenters. The van der Waals surface area contributed by atoms with E-state index in [2.05, 4.69) is 26.3 Å². The van der Waals surface area contributed by atoms with E-state index in [-0.39, 0.29) is 30.4 Å². The van der Waals surface area contributed by atoms with E-state index in [0.717, 1.165) is 0 Å². The Hall–Kier alpha value is -3.18. The summed E-state index contributed by atoms with van der Waals surface area (Å²) < 4.78 is 7.30. The number of carbonyl (C=O) groups is 3. The molecular weight excluding hydrogens is 452 g/mol. The molecule has 4 N–H and O–H groups in total. The van der Waals surface area contributed by atoms with Crippen LogP contribution in [0.1, 0.15) is 36.3 Å². The fourth-order valence-corrected chi connectivity index (χ4v) is 3.46. The lowest BCUT2D eigenvalue weighted by Crippen LogP contribution is -2.55. The standard InChI is InChI=1S/C21H27ClN6O5/c1-12(2)7-16-20(31)23-9-14-10-28(27-26-14)5-6-33-18-4-3-13(22)8-15(18)19(30)25-17(11-29)21(32)24-16/h3-4,8,10,12,16-17,29H,5-7,9,11H2,1-2H3,(H,23,31)(H,24,32)(H,25,30)/t16-,17+/m1/s1. The van der Waals surface area contributed by atoms with Gasteiger partial charge < -0.3 is 25.8 Å². The Bertz CT molecular complexity index is 1010. The van der Waals surface area contributed by atoms with Gasteiger partial charge in [0.05, 0.1) is 31.5 Å². The maximum Gasteiger partial charge on any atom is 0.255 e. The van der Waals surface area contributed by atoms with Gasteiger partial charge in [-0.25, -0.2) is 4.68 Å². The minimum Gasteiger partial charge on any atom is -0.491 e. The zero-order valence-electron chi connectivity index (χ0n) is 18.4. The number of aromatic nitrogens is 3. The SMILES string of the molecule is CC(C)C[C@H]1NC(=O)[C@H](CO)NC(=O)c2cc(Cl)ccc2OCCn2cc(nn2)CNC1=O. The molecular formula is C21H27ClN6O5. The number of halogens is 1. The topological polar surface area (TPSA) is 147 Å². The number of benzene rings is 1. The van der Waals surface area contributed by atoms with Gasteiger partial charge in [-0.2, -0.15) is 0 Å². The van der Waals surface area contributed by atoms with Crippen LogP contribution in [0.3, 0.4) is 0 Å². The van der Waals surface area contributed by atoms with Gasteiger partial charge in [0.15, 0.2) is 0 Å². The molecule has 12 heteroatoms. The smallest absolute Gasteiger partial charge is 0.255 e. The van der Waals surface area contributed by atoms with Crippen LogP contribution in [0.5, 0.6) is 5.75 Å². The molecule has 0 unspecified atom stereocenters. The van der Waals surface area contributed by atoms with Crippen molar-refractivity contribution in [1.29, 1.82) is 0 Å². The number of ether oxygens (including phenoxy) is 1. The highest BCUT2D eigenvalue weighted by atomic mass is 35.5. The summed E-state index contributed by atoms with van der Waals surface area (Å²) in [5.74, 6) is -1.39. The van der Waals surface area contributed by atoms with E-state index >= 15 is 0 Å². The highest BCUT2D eigenvalue weighted by Crippen LogP contribution is 2.23. The summed E-state index contributed by atoms with van der Waals surface area (Å²) in [5, 5.41) is 25.9. The molecule has 1 aromatic heterocycles. The van der Waals surface area contributed by atoms with Crippen LogP contribution >= 0.6 is 11.6 Å². The number of hydrogen-bond acceptors (Lipinski definition) is 7. The third-order valence-corrected chi connectivity index (χ3v) is 5.17. The predicted octanol–water partition coefficient (Wildman–Crippen LogP) is 0.262. The summed E-state index contributed by atoms with van der Waals surface area (Å²) in [5.41, 5.74) is 0.647. The Kier molecular flexibility index (Phi) is 8.23. The van der Waals surface area contributed by atoms with E-state index < -0.39 is 36.4 Å². The molecule has 1 aliphatic rings. The molecule has 0 fully saturated rings. The van der Waals surface area contributed by atoms with Crippen molar-refractivity contribution in [3.63, 3.8) is 0 Å². The van der Waals surface area contributed by atoms with Gasteiger partial charge in [0, 0.05) is 5.02 Å². The molecule has 0 saturated carbocycles. The second-order valence-corrected chi connectivity index (χ2v) is 8.52. The minimum atomic E-state index is -1.28. The van der Waals surface area contributed by atoms with Gasteiger partial charge in [0.25, 0.3) is 5.91 Å². The quantitative estimate of drug-likeness (QED) is 0.494. The predicted molar refractivity (Wildman–Crippen MR) is 119 cm³/mol. The summed E-state index contributed by atoms with van der Waals surface area (Å²) in [6.45, 7) is 3.83. The van der Waals surface area contributed by atoms with Crippen LogP contribution in [0.4, 0.5) is 0 Å². The number of fused-ring (bicyclic) bond motifs is 3. The van der Waals surface area contributed by atoms with Crippen molar-refractivity contribution in [2.45, 2.75) is 45.4 Å². The molecule has 0 saturated heterocycles. The second-order valence-electron chi connectivity index (χ2n) is 8.08. The van der Waals surface area contributed by atoms with Crippen molar-refractivity contribution in [3.8, 4) is 5.75 Å². The maximum atomic E-state index is 12.9. The molecule has 0 spiro atoms. The highest BCUT2D eigenvalue weighted by molar-refractivity contribution is 6.31. The van der Waals surface area contributed by atoms with E-state index in [4.69, 9.17) is 16.3 Å². The summed E-state index contributed by atoms with van der Waals surface area (Å²) in [6.07, 6.45) is 2.04. The molecule has 2 aromatic rings. The highest BCUT2D eigenvalue weighted by Gasteiger charge is 2.28. The average Bonchev–Trinajstić information content (AvgIpc) is 3.22. The summed E-state index contributed by atoms with van der Waals surface area (Å²) in [6, 6.07) is 2.40. The van der Waals surface area contributed by atoms with E-state index in [1.54, 1.807) is 23.0 Å². The number of nitrogens with zero attached hydrogens (tertiary/aromatic N) is 3. The zero-order valence-corrected chi connectivity index (χ0v) is 19.1. The van der Waals surface area contributed by atoms with Crippen molar-refractivity contribution < 1.29 is 24.2 Å². The third kappa shape index (κ3) is 6.65. The van der Waals surface area contributed by atoms with Gasteiger partial charge in [-0.3, -0.25) is 14.4 Å². The van der Waals surface area contributed by atoms with Crippen LogP contribution < -0.4 is 20.7 Å². The lowest BCUT2D eigenvalue weighted by atomic mass is 10.0. The zero-order chi connectivity index (χ0) is 24.0. The molecule has 0 radical (unpaired) electrons. The summed E-state index contributed by atoms with van der Waals surface area (Å²) >= 11 is 6.05. The van der Waals surface area contributed by atoms with E-state index in [1.165, 1.54) is 6.07 Å². The number of aliphatic hydroxyl groups excluding tert-OH is 1. The number of rotatable bonds is 3. The third-order valence-electron chi connectivity index (χ3n) is 4.94. The first kappa shape index (κ1) is 24.5. The summed E-state index contributed by atoms with van der Waals surface area (Å²) in [7, 11) is 0. The van der Waals surface area contributed by atoms with Crippen molar-refractivity contribution >= 4 is 29.3 Å². The van der Waals surface area contributed by atoms with Crippen LogP contribution in [0.2, 0.25) is 5.02 Å². The Morgan fingerprint density at radius 3 is 2.73 bits per heavy atom. The van der Waals surface area contributed by atoms with E-state index in [9.17, 15) is 19.5 Å². The molecule has 11 nitrogen and oxygen atoms in total. The van der Waals surface area contributed by atoms with E-state index in [0.29, 0.717) is 23.7 Å². The van der Waals surface area contributed by atoms with Gasteiger partial charge in [0.1, 0.15) is 30.1 Å². The number of carbonyl (C=O) groups excluding carboxylic acids is 3. The van der Waals surface area contributed by atoms with Crippen LogP contribution in [0.25, 0.3) is 0 Å². The molecule has 2 bridgehead atoms. The number of aliphatic hydroxyl groups is 1. The maximum absolute atomic E-state index is 12.9. The Labute approximate surface area is 195 Å². The summed E-state index contributed by atoms with van der Waals surface area (Å²) in [4.78, 5) is 38.5. The fourth-order valence-electron chi connectivity index (χ4n) is 3.29. The van der Waals surface area contributed by atoms with Gasteiger partial charge in [-0.15, -0.1) is 5.10 Å². The molecule has 2 heterocycles. The Morgan fingerprint density at radius 1 is 1.21 bits per heavy atom. The van der Waals surface area contributed by atoms with Crippen LogP contribution in [0, 0.1) is 5.92 Å².